The van der Waals surface area contributed by atoms with Gasteiger partial charge in [-0.25, -0.2) is 0 Å². The van der Waals surface area contributed by atoms with Gasteiger partial charge in [0.2, 0.25) is 0 Å². The first-order chi connectivity index (χ1) is 5.75. The molecule has 1 heteroatoms. The van der Waals surface area contributed by atoms with Crippen molar-refractivity contribution in [3.63, 3.8) is 0 Å². The number of aliphatic hydroxyl groups excluding tert-OH is 1. The van der Waals surface area contributed by atoms with Crippen molar-refractivity contribution in [1.29, 1.82) is 0 Å². The van der Waals surface area contributed by atoms with Crippen molar-refractivity contribution in [2.75, 3.05) is 0 Å². The van der Waals surface area contributed by atoms with Crippen LogP contribution in [0.3, 0.4) is 0 Å². The van der Waals surface area contributed by atoms with Crippen LogP contribution in [-0.2, 0) is 0 Å². The zero-order valence-electron chi connectivity index (χ0n) is 7.75. The molecule has 0 heterocycles. The summed E-state index contributed by atoms with van der Waals surface area (Å²) >= 11 is 0. The first-order valence-electron chi connectivity index (χ1n) is 4.49. The molecule has 12 heavy (non-hydrogen) atoms. The van der Waals surface area contributed by atoms with E-state index in [0.29, 0.717) is 0 Å². The van der Waals surface area contributed by atoms with E-state index in [0.717, 1.165) is 18.4 Å². The molecule has 0 unspecified atom stereocenters. The van der Waals surface area contributed by atoms with Crippen LogP contribution >= 0.6 is 0 Å². The van der Waals surface area contributed by atoms with Crippen LogP contribution in [0, 0.1) is 6.92 Å². The summed E-state index contributed by atoms with van der Waals surface area (Å²) in [6.45, 7) is 4.12. The fraction of sp³-hybridized carbons (Fsp3) is 0.455. The lowest BCUT2D eigenvalue weighted by molar-refractivity contribution is 0.166. The van der Waals surface area contributed by atoms with Crippen LogP contribution in [0.1, 0.15) is 37.0 Å². The third-order valence-corrected chi connectivity index (χ3v) is 2.11. The smallest absolute Gasteiger partial charge is 0.0792 e. The normalized spacial score (nSPS) is 12.9. The molecule has 0 saturated carbocycles. The quantitative estimate of drug-likeness (QED) is 0.728. The summed E-state index contributed by atoms with van der Waals surface area (Å²) in [5.74, 6) is 0. The molecule has 0 radical (unpaired) electrons. The van der Waals surface area contributed by atoms with Gasteiger partial charge in [0.05, 0.1) is 6.10 Å². The second kappa shape index (κ2) is 4.27. The standard InChI is InChI=1S/C11H16O/c1-3-6-11(12)10-8-5-4-7-9(10)2/h4-5,7-8,11-12H,3,6H2,1-2H3/t11-/m0/s1. The summed E-state index contributed by atoms with van der Waals surface area (Å²) in [4.78, 5) is 0. The Hall–Kier alpha value is -0.820. The third-order valence-electron chi connectivity index (χ3n) is 2.11. The fourth-order valence-corrected chi connectivity index (χ4v) is 1.39. The number of aliphatic hydroxyl groups is 1. The lowest BCUT2D eigenvalue weighted by Crippen LogP contribution is -1.98. The molecule has 0 aliphatic heterocycles. The van der Waals surface area contributed by atoms with Crippen LogP contribution in [0.4, 0.5) is 0 Å². The summed E-state index contributed by atoms with van der Waals surface area (Å²) in [6.07, 6.45) is 1.59. The minimum Gasteiger partial charge on any atom is -0.388 e. The molecule has 0 aromatic heterocycles. The largest absolute Gasteiger partial charge is 0.388 e. The summed E-state index contributed by atoms with van der Waals surface area (Å²) < 4.78 is 0. The Kier molecular flexibility index (Phi) is 3.30. The zero-order chi connectivity index (χ0) is 8.97. The highest BCUT2D eigenvalue weighted by Crippen LogP contribution is 2.20. The Morgan fingerprint density at radius 1 is 1.33 bits per heavy atom. The molecule has 1 atom stereocenters. The predicted octanol–water partition coefficient (Wildman–Crippen LogP) is 2.83. The lowest BCUT2D eigenvalue weighted by atomic mass is 10.0. The van der Waals surface area contributed by atoms with Gasteiger partial charge in [-0.1, -0.05) is 37.6 Å². The fourth-order valence-electron chi connectivity index (χ4n) is 1.39. The van der Waals surface area contributed by atoms with Crippen molar-refractivity contribution in [2.24, 2.45) is 0 Å². The Balaban J connectivity index is 2.79. The summed E-state index contributed by atoms with van der Waals surface area (Å²) in [6, 6.07) is 8.00. The minimum absolute atomic E-state index is 0.281. The van der Waals surface area contributed by atoms with Crippen molar-refractivity contribution >= 4 is 0 Å². The van der Waals surface area contributed by atoms with Crippen molar-refractivity contribution in [1.82, 2.24) is 0 Å². The van der Waals surface area contributed by atoms with E-state index >= 15 is 0 Å². The van der Waals surface area contributed by atoms with Crippen LogP contribution < -0.4 is 0 Å². The van der Waals surface area contributed by atoms with Crippen molar-refractivity contribution in [2.45, 2.75) is 32.8 Å². The van der Waals surface area contributed by atoms with Crippen LogP contribution in [0.5, 0.6) is 0 Å². The highest BCUT2D eigenvalue weighted by molar-refractivity contribution is 5.27. The maximum absolute atomic E-state index is 9.70. The number of rotatable bonds is 3. The molecular weight excluding hydrogens is 148 g/mol. The van der Waals surface area contributed by atoms with Crippen LogP contribution in [0.15, 0.2) is 24.3 Å². The Labute approximate surface area is 74.1 Å². The molecule has 1 nitrogen and oxygen atoms in total. The molecule has 0 aliphatic rings. The van der Waals surface area contributed by atoms with Gasteiger partial charge in [-0.2, -0.15) is 0 Å². The molecule has 1 aromatic carbocycles. The van der Waals surface area contributed by atoms with Gasteiger partial charge in [-0.05, 0) is 24.5 Å². The van der Waals surface area contributed by atoms with E-state index in [2.05, 4.69) is 6.92 Å². The monoisotopic (exact) mass is 164 g/mol. The second-order valence-electron chi connectivity index (χ2n) is 3.16. The number of hydrogen-bond donors (Lipinski definition) is 1. The molecule has 1 N–H and O–H groups in total. The first-order valence-corrected chi connectivity index (χ1v) is 4.49. The summed E-state index contributed by atoms with van der Waals surface area (Å²) in [5, 5.41) is 9.70. The Morgan fingerprint density at radius 3 is 2.58 bits per heavy atom. The van der Waals surface area contributed by atoms with E-state index in [-0.39, 0.29) is 6.10 Å². The maximum Gasteiger partial charge on any atom is 0.0792 e. The van der Waals surface area contributed by atoms with Gasteiger partial charge in [0, 0.05) is 0 Å². The van der Waals surface area contributed by atoms with Gasteiger partial charge < -0.3 is 5.11 Å². The van der Waals surface area contributed by atoms with Gasteiger partial charge in [0.25, 0.3) is 0 Å². The molecular formula is C11H16O. The second-order valence-corrected chi connectivity index (χ2v) is 3.16. The van der Waals surface area contributed by atoms with E-state index in [4.69, 9.17) is 0 Å². The van der Waals surface area contributed by atoms with Crippen LogP contribution in [0.2, 0.25) is 0 Å². The van der Waals surface area contributed by atoms with E-state index in [9.17, 15) is 5.11 Å². The van der Waals surface area contributed by atoms with Gasteiger partial charge in [0.1, 0.15) is 0 Å². The summed E-state index contributed by atoms with van der Waals surface area (Å²) in [7, 11) is 0. The highest BCUT2D eigenvalue weighted by Gasteiger charge is 2.07. The first kappa shape index (κ1) is 9.27. The van der Waals surface area contributed by atoms with Gasteiger partial charge >= 0.3 is 0 Å². The number of aryl methyl sites for hydroxylation is 1. The van der Waals surface area contributed by atoms with Gasteiger partial charge in [-0.15, -0.1) is 0 Å². The van der Waals surface area contributed by atoms with Crippen molar-refractivity contribution in [3.05, 3.63) is 35.4 Å². The summed E-state index contributed by atoms with van der Waals surface area (Å²) in [5.41, 5.74) is 2.25. The van der Waals surface area contributed by atoms with E-state index in [1.165, 1.54) is 5.56 Å². The van der Waals surface area contributed by atoms with Crippen molar-refractivity contribution < 1.29 is 5.11 Å². The molecule has 0 amide bonds. The predicted molar refractivity (Wildman–Crippen MR) is 51.0 cm³/mol. The molecule has 0 aliphatic carbocycles. The van der Waals surface area contributed by atoms with E-state index in [1.807, 2.05) is 31.2 Å². The molecule has 0 saturated heterocycles. The molecule has 0 spiro atoms. The Morgan fingerprint density at radius 2 is 2.00 bits per heavy atom. The lowest BCUT2D eigenvalue weighted by Gasteiger charge is -2.11. The van der Waals surface area contributed by atoms with Crippen LogP contribution in [-0.4, -0.2) is 5.11 Å². The molecule has 0 fully saturated rings. The van der Waals surface area contributed by atoms with Gasteiger partial charge in [-0.3, -0.25) is 0 Å². The molecule has 1 aromatic rings. The number of hydrogen-bond acceptors (Lipinski definition) is 1. The topological polar surface area (TPSA) is 20.2 Å². The Bertz CT molecular complexity index is 243. The molecule has 1 rings (SSSR count). The van der Waals surface area contributed by atoms with Gasteiger partial charge in [0.15, 0.2) is 0 Å². The third kappa shape index (κ3) is 2.08. The minimum atomic E-state index is -0.281. The zero-order valence-corrected chi connectivity index (χ0v) is 7.75. The van der Waals surface area contributed by atoms with E-state index < -0.39 is 0 Å². The highest BCUT2D eigenvalue weighted by atomic mass is 16.3. The number of benzene rings is 1. The maximum atomic E-state index is 9.70. The van der Waals surface area contributed by atoms with Crippen LogP contribution in [0.25, 0.3) is 0 Å². The SMILES string of the molecule is CCC[C@H](O)c1ccccc1C. The average molecular weight is 164 g/mol. The average Bonchev–Trinajstić information content (AvgIpc) is 2.05. The molecule has 0 bridgehead atoms. The van der Waals surface area contributed by atoms with E-state index in [1.54, 1.807) is 0 Å². The molecule has 66 valence electrons. The van der Waals surface area contributed by atoms with Crippen molar-refractivity contribution in [3.8, 4) is 0 Å².